The Labute approximate surface area is 120 Å². The number of carboxylic acid groups (broad SMARTS) is 1. The maximum absolute atomic E-state index is 12.3. The molecule has 2 N–H and O–H groups in total. The number of carboxylic acids is 1. The van der Waals surface area contributed by atoms with Crippen molar-refractivity contribution in [1.29, 1.82) is 0 Å². The highest BCUT2D eigenvalue weighted by Crippen LogP contribution is 2.23. The summed E-state index contributed by atoms with van der Waals surface area (Å²) in [5, 5.41) is 11.5. The third kappa shape index (κ3) is 3.21. The lowest BCUT2D eigenvalue weighted by Gasteiger charge is -2.37. The van der Waals surface area contributed by atoms with Gasteiger partial charge in [0.05, 0.1) is 0 Å². The topological polar surface area (TPSA) is 112 Å². The van der Waals surface area contributed by atoms with Crippen LogP contribution in [-0.2, 0) is 16.1 Å². The number of aromatic nitrogens is 2. The van der Waals surface area contributed by atoms with E-state index in [-0.39, 0.29) is 12.5 Å². The summed E-state index contributed by atoms with van der Waals surface area (Å²) in [6.07, 6.45) is 1.46. The molecule has 2 atom stereocenters. The fraction of sp³-hybridized carbons (Fsp3) is 0.538. The van der Waals surface area contributed by atoms with Crippen LogP contribution in [0.3, 0.4) is 0 Å². The second-order valence-corrected chi connectivity index (χ2v) is 5.22. The van der Waals surface area contributed by atoms with Crippen LogP contribution in [0.1, 0.15) is 19.8 Å². The minimum absolute atomic E-state index is 0.147. The predicted molar refractivity (Wildman–Crippen MR) is 72.9 cm³/mol. The van der Waals surface area contributed by atoms with Crippen molar-refractivity contribution in [1.82, 2.24) is 14.7 Å². The van der Waals surface area contributed by atoms with Crippen molar-refractivity contribution in [2.45, 2.75) is 32.4 Å². The first kappa shape index (κ1) is 15.0. The summed E-state index contributed by atoms with van der Waals surface area (Å²) < 4.78 is 0.892. The molecule has 1 aliphatic rings. The molecule has 114 valence electrons. The average molecular weight is 295 g/mol. The molecule has 1 fully saturated rings. The van der Waals surface area contributed by atoms with Crippen LogP contribution in [0.5, 0.6) is 0 Å². The van der Waals surface area contributed by atoms with Crippen molar-refractivity contribution in [3.05, 3.63) is 32.8 Å². The molecule has 1 saturated heterocycles. The van der Waals surface area contributed by atoms with E-state index in [2.05, 4.69) is 5.10 Å². The van der Waals surface area contributed by atoms with Gasteiger partial charge in [-0.05, 0) is 18.8 Å². The van der Waals surface area contributed by atoms with Gasteiger partial charge in [0.1, 0.15) is 12.6 Å². The van der Waals surface area contributed by atoms with Crippen molar-refractivity contribution in [3.8, 4) is 0 Å². The van der Waals surface area contributed by atoms with E-state index in [9.17, 15) is 24.3 Å². The number of carbonyl (C=O) groups is 2. The highest BCUT2D eigenvalue weighted by Gasteiger charge is 2.36. The van der Waals surface area contributed by atoms with Crippen molar-refractivity contribution in [3.63, 3.8) is 0 Å². The Kier molecular flexibility index (Phi) is 4.25. The second-order valence-electron chi connectivity index (χ2n) is 5.22. The molecule has 1 aliphatic heterocycles. The van der Waals surface area contributed by atoms with Crippen LogP contribution < -0.4 is 11.1 Å². The van der Waals surface area contributed by atoms with Crippen LogP contribution in [0.2, 0.25) is 0 Å². The number of hydrogen-bond donors (Lipinski definition) is 2. The van der Waals surface area contributed by atoms with Crippen LogP contribution in [0.4, 0.5) is 0 Å². The molecule has 0 aromatic carbocycles. The van der Waals surface area contributed by atoms with E-state index >= 15 is 0 Å². The Balaban J connectivity index is 2.22. The van der Waals surface area contributed by atoms with Gasteiger partial charge in [-0.1, -0.05) is 6.92 Å². The first-order chi connectivity index (χ1) is 9.90. The van der Waals surface area contributed by atoms with E-state index < -0.39 is 29.0 Å². The molecule has 0 aliphatic carbocycles. The van der Waals surface area contributed by atoms with Crippen LogP contribution in [0, 0.1) is 5.92 Å². The number of nitrogens with one attached hydrogen (secondary N) is 1. The highest BCUT2D eigenvalue weighted by atomic mass is 16.4. The zero-order valence-electron chi connectivity index (χ0n) is 11.6. The molecule has 0 spiro atoms. The molecule has 0 radical (unpaired) electrons. The third-order valence-corrected chi connectivity index (χ3v) is 3.69. The van der Waals surface area contributed by atoms with Crippen LogP contribution in [0.25, 0.3) is 0 Å². The standard InChI is InChI=1S/C13H17N3O5/c1-8-3-2-6-15(12(8)13(20)21)11(19)7-16-10(18)5-4-9(17)14-16/h4-5,8,12H,2-3,6-7H2,1H3,(H,14,17)(H,20,21). The van der Waals surface area contributed by atoms with E-state index in [1.54, 1.807) is 6.92 Å². The fourth-order valence-electron chi connectivity index (χ4n) is 2.65. The number of H-pyrrole nitrogens is 1. The molecular formula is C13H17N3O5. The molecule has 1 aromatic rings. The van der Waals surface area contributed by atoms with Crippen molar-refractivity contribution < 1.29 is 14.7 Å². The minimum atomic E-state index is -1.05. The van der Waals surface area contributed by atoms with Gasteiger partial charge in [-0.2, -0.15) is 0 Å². The van der Waals surface area contributed by atoms with Gasteiger partial charge in [-0.25, -0.2) is 9.48 Å². The van der Waals surface area contributed by atoms with E-state index in [0.717, 1.165) is 29.7 Å². The number of aliphatic carboxylic acids is 1. The number of nitrogens with zero attached hydrogens (tertiary/aromatic N) is 2. The first-order valence-corrected chi connectivity index (χ1v) is 6.72. The quantitative estimate of drug-likeness (QED) is 0.761. The van der Waals surface area contributed by atoms with Gasteiger partial charge < -0.3 is 10.0 Å². The molecule has 8 heteroatoms. The predicted octanol–water partition coefficient (Wildman–Crippen LogP) is -0.752. The number of hydrogen-bond acceptors (Lipinski definition) is 4. The smallest absolute Gasteiger partial charge is 0.326 e. The summed E-state index contributed by atoms with van der Waals surface area (Å²) in [6, 6.07) is 1.25. The molecule has 0 bridgehead atoms. The van der Waals surface area contributed by atoms with Crippen molar-refractivity contribution in [2.24, 2.45) is 5.92 Å². The summed E-state index contributed by atoms with van der Waals surface area (Å²) in [4.78, 5) is 47.6. The van der Waals surface area contributed by atoms with Gasteiger partial charge in [0, 0.05) is 18.7 Å². The Hall–Kier alpha value is -2.38. The van der Waals surface area contributed by atoms with Gasteiger partial charge in [0.2, 0.25) is 5.91 Å². The van der Waals surface area contributed by atoms with Crippen LogP contribution in [0.15, 0.2) is 21.7 Å². The summed E-state index contributed by atoms with van der Waals surface area (Å²) >= 11 is 0. The van der Waals surface area contributed by atoms with Gasteiger partial charge >= 0.3 is 5.97 Å². The molecule has 1 amide bonds. The number of aromatic amines is 1. The Morgan fingerprint density at radius 3 is 2.76 bits per heavy atom. The number of amides is 1. The number of carbonyl (C=O) groups excluding carboxylic acids is 1. The molecule has 2 unspecified atom stereocenters. The largest absolute Gasteiger partial charge is 0.480 e. The number of likely N-dealkylation sites (tertiary alicyclic amines) is 1. The maximum Gasteiger partial charge on any atom is 0.326 e. The van der Waals surface area contributed by atoms with E-state index in [1.807, 2.05) is 0 Å². The summed E-state index contributed by atoms with van der Waals surface area (Å²) in [5.41, 5.74) is -1.01. The fourth-order valence-corrected chi connectivity index (χ4v) is 2.65. The van der Waals surface area contributed by atoms with Crippen LogP contribution >= 0.6 is 0 Å². The molecule has 1 aromatic heterocycles. The highest BCUT2D eigenvalue weighted by molar-refractivity contribution is 5.84. The average Bonchev–Trinajstić information content (AvgIpc) is 2.42. The lowest BCUT2D eigenvalue weighted by molar-refractivity contribution is -0.155. The summed E-state index contributed by atoms with van der Waals surface area (Å²) in [6.45, 7) is 1.76. The van der Waals surface area contributed by atoms with E-state index in [4.69, 9.17) is 0 Å². The lowest BCUT2D eigenvalue weighted by Crippen LogP contribution is -2.53. The normalized spacial score (nSPS) is 22.0. The minimum Gasteiger partial charge on any atom is -0.480 e. The lowest BCUT2D eigenvalue weighted by atomic mass is 9.91. The summed E-state index contributed by atoms with van der Waals surface area (Å²) in [7, 11) is 0. The van der Waals surface area contributed by atoms with Gasteiger partial charge in [-0.3, -0.25) is 19.5 Å². The Morgan fingerprint density at radius 1 is 1.38 bits per heavy atom. The SMILES string of the molecule is CC1CCCN(C(=O)Cn2[nH]c(=O)ccc2=O)C1C(=O)O. The maximum atomic E-state index is 12.3. The number of piperidine rings is 1. The van der Waals surface area contributed by atoms with Gasteiger partial charge in [0.15, 0.2) is 0 Å². The Bertz CT molecular complexity index is 662. The van der Waals surface area contributed by atoms with Crippen LogP contribution in [-0.4, -0.2) is 44.3 Å². The van der Waals surface area contributed by atoms with E-state index in [0.29, 0.717) is 6.54 Å². The molecule has 21 heavy (non-hydrogen) atoms. The molecule has 8 nitrogen and oxygen atoms in total. The molecule has 2 heterocycles. The van der Waals surface area contributed by atoms with Crippen molar-refractivity contribution >= 4 is 11.9 Å². The summed E-state index contributed by atoms with van der Waals surface area (Å²) in [5.74, 6) is -1.69. The second kappa shape index (κ2) is 5.94. The molecule has 2 rings (SSSR count). The first-order valence-electron chi connectivity index (χ1n) is 6.72. The third-order valence-electron chi connectivity index (χ3n) is 3.69. The molecule has 0 saturated carbocycles. The van der Waals surface area contributed by atoms with E-state index in [1.165, 1.54) is 4.90 Å². The zero-order valence-corrected chi connectivity index (χ0v) is 11.6. The molecular weight excluding hydrogens is 278 g/mol. The van der Waals surface area contributed by atoms with Gasteiger partial charge in [-0.15, -0.1) is 0 Å². The number of rotatable bonds is 3. The van der Waals surface area contributed by atoms with Crippen molar-refractivity contribution in [2.75, 3.05) is 6.54 Å². The van der Waals surface area contributed by atoms with Gasteiger partial charge in [0.25, 0.3) is 11.1 Å². The zero-order chi connectivity index (χ0) is 15.6. The Morgan fingerprint density at radius 2 is 2.10 bits per heavy atom. The monoisotopic (exact) mass is 295 g/mol.